The minimum Gasteiger partial charge on any atom is -0.447 e. The highest BCUT2D eigenvalue weighted by atomic mass is 16.2. The van der Waals surface area contributed by atoms with Gasteiger partial charge in [-0.15, -0.1) is 0 Å². The summed E-state index contributed by atoms with van der Waals surface area (Å²) >= 11 is 0. The highest BCUT2D eigenvalue weighted by Crippen LogP contribution is 2.27. The number of hydrogen-bond donors (Lipinski definition) is 2. The molecule has 0 aliphatic carbocycles. The van der Waals surface area contributed by atoms with Gasteiger partial charge in [-0.3, -0.25) is 0 Å². The number of rotatable bonds is 4. The highest BCUT2D eigenvalue weighted by Gasteiger charge is 2.17. The average molecular weight is 290 g/mol. The number of fused-ring (bicyclic) bond motifs is 1. The van der Waals surface area contributed by atoms with Crippen LogP contribution in [0.25, 0.3) is 5.70 Å². The lowest BCUT2D eigenvalue weighted by Crippen LogP contribution is -2.29. The van der Waals surface area contributed by atoms with Crippen molar-refractivity contribution < 1.29 is 5.02 Å². The van der Waals surface area contributed by atoms with Gasteiger partial charge < -0.3 is 10.3 Å². The molecule has 0 saturated carbocycles. The predicted octanol–water partition coefficient (Wildman–Crippen LogP) is 2.74. The van der Waals surface area contributed by atoms with Gasteiger partial charge in [0, 0.05) is 17.7 Å². The topological polar surface area (TPSA) is 44.6 Å². The van der Waals surface area contributed by atoms with E-state index in [1.807, 2.05) is 24.3 Å². The number of aliphatic imine (C=N–C) groups is 1. The highest BCUT2D eigenvalue weighted by molar-refractivity contribution is 6.64. The lowest BCUT2D eigenvalue weighted by Gasteiger charge is -2.21. The Balaban J connectivity index is 1.79. The third-order valence-corrected chi connectivity index (χ3v) is 3.87. The van der Waals surface area contributed by atoms with Crippen molar-refractivity contribution in [1.82, 2.24) is 5.32 Å². The van der Waals surface area contributed by atoms with E-state index >= 15 is 0 Å². The summed E-state index contributed by atoms with van der Waals surface area (Å²) in [5.74, 6) is 0.936. The first-order valence-electron chi connectivity index (χ1n) is 7.53. The molecule has 1 heterocycles. The molecule has 0 spiro atoms. The summed E-state index contributed by atoms with van der Waals surface area (Å²) in [5, 5.41) is 13.0. The van der Waals surface area contributed by atoms with Crippen LogP contribution in [0.1, 0.15) is 17.5 Å². The molecule has 0 saturated heterocycles. The smallest absolute Gasteiger partial charge is 0.320 e. The van der Waals surface area contributed by atoms with Gasteiger partial charge in [0.2, 0.25) is 0 Å². The molecule has 0 fully saturated rings. The lowest BCUT2D eigenvalue weighted by molar-refractivity contribution is 0.594. The maximum atomic E-state index is 9.69. The Morgan fingerprint density at radius 3 is 2.64 bits per heavy atom. The van der Waals surface area contributed by atoms with Crippen molar-refractivity contribution in [2.24, 2.45) is 4.99 Å². The van der Waals surface area contributed by atoms with Crippen molar-refractivity contribution in [2.75, 3.05) is 0 Å². The van der Waals surface area contributed by atoms with E-state index in [4.69, 9.17) is 0 Å². The van der Waals surface area contributed by atoms with Gasteiger partial charge in [-0.25, -0.2) is 4.99 Å². The fourth-order valence-corrected chi connectivity index (χ4v) is 2.59. The van der Waals surface area contributed by atoms with E-state index < -0.39 is 6.92 Å². The zero-order valence-corrected chi connectivity index (χ0v) is 12.7. The Morgan fingerprint density at radius 2 is 1.91 bits per heavy atom. The zero-order valence-electron chi connectivity index (χ0n) is 12.7. The minimum atomic E-state index is -0.485. The fourth-order valence-electron chi connectivity index (χ4n) is 2.59. The molecule has 0 amide bonds. The van der Waals surface area contributed by atoms with E-state index in [9.17, 15) is 5.02 Å². The van der Waals surface area contributed by atoms with Crippen LogP contribution in [-0.4, -0.2) is 17.8 Å². The van der Waals surface area contributed by atoms with Crippen LogP contribution in [0.3, 0.4) is 0 Å². The number of hydrogen-bond acceptors (Lipinski definition) is 3. The largest absolute Gasteiger partial charge is 0.447 e. The standard InChI is InChI=1S/C18H19BN2O/c1-13-16-12-15(19(2)22)9-10-17(16)21-18(20-13)11-8-14-6-4-3-5-7-14/h3-7,9-10,12,22H,1,8,11H2,2H3,(H,20,21). The molecule has 2 aromatic rings. The number of amidine groups is 1. The van der Waals surface area contributed by atoms with Gasteiger partial charge in [0.25, 0.3) is 0 Å². The number of nitrogens with one attached hydrogen (secondary N) is 1. The van der Waals surface area contributed by atoms with E-state index in [0.717, 1.165) is 41.1 Å². The van der Waals surface area contributed by atoms with Gasteiger partial charge >= 0.3 is 6.92 Å². The third kappa shape index (κ3) is 3.12. The van der Waals surface area contributed by atoms with Crippen LogP contribution >= 0.6 is 0 Å². The second kappa shape index (κ2) is 6.20. The molecule has 2 aromatic carbocycles. The molecule has 0 atom stereocenters. The molecule has 3 rings (SSSR count). The van der Waals surface area contributed by atoms with Gasteiger partial charge in [0.05, 0.1) is 5.69 Å². The maximum absolute atomic E-state index is 9.69. The fraction of sp³-hybridized carbons (Fsp3) is 0.167. The van der Waals surface area contributed by atoms with Crippen LogP contribution in [0.4, 0.5) is 5.69 Å². The Bertz CT molecular complexity index is 723. The summed E-state index contributed by atoms with van der Waals surface area (Å²) in [7, 11) is 0. The van der Waals surface area contributed by atoms with Gasteiger partial charge in [0.1, 0.15) is 5.84 Å². The maximum Gasteiger partial charge on any atom is 0.320 e. The van der Waals surface area contributed by atoms with Crippen molar-refractivity contribution in [3.8, 4) is 0 Å². The molecule has 3 nitrogen and oxygen atoms in total. The molecule has 1 aliphatic heterocycles. The molecule has 0 radical (unpaired) electrons. The second-order valence-electron chi connectivity index (χ2n) is 5.60. The predicted molar refractivity (Wildman–Crippen MR) is 93.9 cm³/mol. The van der Waals surface area contributed by atoms with Crippen molar-refractivity contribution in [3.05, 3.63) is 66.2 Å². The number of aryl methyl sites for hydroxylation is 1. The van der Waals surface area contributed by atoms with Gasteiger partial charge in [-0.05, 0) is 23.5 Å². The first-order chi connectivity index (χ1) is 10.6. The van der Waals surface area contributed by atoms with E-state index in [-0.39, 0.29) is 0 Å². The van der Waals surface area contributed by atoms with E-state index in [2.05, 4.69) is 41.2 Å². The monoisotopic (exact) mass is 290 g/mol. The van der Waals surface area contributed by atoms with Gasteiger partial charge in [-0.2, -0.15) is 0 Å². The van der Waals surface area contributed by atoms with E-state index in [1.165, 1.54) is 5.56 Å². The van der Waals surface area contributed by atoms with Crippen molar-refractivity contribution in [2.45, 2.75) is 19.7 Å². The minimum absolute atomic E-state index is 0.485. The summed E-state index contributed by atoms with van der Waals surface area (Å²) in [6, 6.07) is 16.2. The molecule has 0 unspecified atom stereocenters. The van der Waals surface area contributed by atoms with E-state index in [1.54, 1.807) is 6.82 Å². The second-order valence-corrected chi connectivity index (χ2v) is 5.60. The molecule has 1 aliphatic rings. The van der Waals surface area contributed by atoms with Crippen molar-refractivity contribution >= 4 is 29.6 Å². The Hall–Kier alpha value is -2.33. The molecule has 22 heavy (non-hydrogen) atoms. The third-order valence-electron chi connectivity index (χ3n) is 3.87. The average Bonchev–Trinajstić information content (AvgIpc) is 2.53. The van der Waals surface area contributed by atoms with Gasteiger partial charge in [0.15, 0.2) is 0 Å². The molecular formula is C18H19BN2O. The first-order valence-corrected chi connectivity index (χ1v) is 7.53. The van der Waals surface area contributed by atoms with Crippen LogP contribution in [0.5, 0.6) is 0 Å². The summed E-state index contributed by atoms with van der Waals surface area (Å²) in [6.45, 7) is 5.36. The normalized spacial score (nSPS) is 13.2. The molecule has 110 valence electrons. The summed E-state index contributed by atoms with van der Waals surface area (Å²) in [4.78, 5) is 4.67. The Labute approximate surface area is 131 Å². The van der Waals surface area contributed by atoms with Crippen LogP contribution in [0, 0.1) is 0 Å². The van der Waals surface area contributed by atoms with Crippen LogP contribution in [0.2, 0.25) is 6.82 Å². The quantitative estimate of drug-likeness (QED) is 0.850. The lowest BCUT2D eigenvalue weighted by atomic mass is 9.64. The molecule has 4 heteroatoms. The Morgan fingerprint density at radius 1 is 1.14 bits per heavy atom. The Kier molecular flexibility index (Phi) is 4.12. The molecule has 0 bridgehead atoms. The molecular weight excluding hydrogens is 271 g/mol. The number of benzene rings is 2. The summed E-state index contributed by atoms with van der Waals surface area (Å²) in [5.41, 5.74) is 4.89. The van der Waals surface area contributed by atoms with E-state index in [0.29, 0.717) is 0 Å². The molecule has 2 N–H and O–H groups in total. The van der Waals surface area contributed by atoms with Crippen LogP contribution in [-0.2, 0) is 6.42 Å². The van der Waals surface area contributed by atoms with Crippen molar-refractivity contribution in [1.29, 1.82) is 0 Å². The van der Waals surface area contributed by atoms with Crippen LogP contribution < -0.4 is 10.8 Å². The molecule has 0 aromatic heterocycles. The SMILES string of the molecule is C=C1NC(CCc2ccccc2)=Nc2ccc(B(C)O)cc21. The van der Waals surface area contributed by atoms with Gasteiger partial charge in [-0.1, -0.05) is 55.9 Å². The van der Waals surface area contributed by atoms with Crippen molar-refractivity contribution in [3.63, 3.8) is 0 Å². The summed E-state index contributed by atoms with van der Waals surface area (Å²) in [6.07, 6.45) is 1.79. The number of nitrogens with zero attached hydrogens (tertiary/aromatic N) is 1. The summed E-state index contributed by atoms with van der Waals surface area (Å²) < 4.78 is 0. The zero-order chi connectivity index (χ0) is 15.5. The first kappa shape index (κ1) is 14.6. The van der Waals surface area contributed by atoms with Crippen LogP contribution in [0.15, 0.2) is 60.1 Å².